The second-order valence-corrected chi connectivity index (χ2v) is 5.64. The van der Waals surface area contributed by atoms with Gasteiger partial charge in [0, 0.05) is 13.1 Å². The first-order valence-electron chi connectivity index (χ1n) is 6.99. The maximum Gasteiger partial charge on any atom is 0.408 e. The molecule has 0 aliphatic carbocycles. The molecule has 5 nitrogen and oxygen atoms in total. The minimum atomic E-state index is -0.563. The van der Waals surface area contributed by atoms with Crippen LogP contribution in [0.5, 0.6) is 0 Å². The van der Waals surface area contributed by atoms with E-state index in [9.17, 15) is 9.59 Å². The van der Waals surface area contributed by atoms with E-state index in [4.69, 9.17) is 4.74 Å². The number of unbranched alkanes of at least 4 members (excludes halogenated alkanes) is 1. The molecular formula is C14H28N2O3. The van der Waals surface area contributed by atoms with Gasteiger partial charge in [0.05, 0.1) is 0 Å². The lowest BCUT2D eigenvalue weighted by molar-refractivity contribution is -0.132. The maximum absolute atomic E-state index is 12.1. The molecule has 0 bridgehead atoms. The van der Waals surface area contributed by atoms with Crippen molar-refractivity contribution in [2.24, 2.45) is 0 Å². The highest BCUT2D eigenvalue weighted by Gasteiger charge is 2.23. The summed E-state index contributed by atoms with van der Waals surface area (Å²) in [6.45, 7) is 12.5. The molecule has 0 unspecified atom stereocenters. The lowest BCUT2D eigenvalue weighted by Gasteiger charge is -2.26. The van der Waals surface area contributed by atoms with Gasteiger partial charge in [0.1, 0.15) is 11.6 Å². The zero-order valence-electron chi connectivity index (χ0n) is 13.1. The predicted molar refractivity (Wildman–Crippen MR) is 76.0 cm³/mol. The first kappa shape index (κ1) is 17.7. The average Bonchev–Trinajstić information content (AvgIpc) is 2.26. The fourth-order valence-electron chi connectivity index (χ4n) is 1.59. The maximum atomic E-state index is 12.1. The van der Waals surface area contributed by atoms with Gasteiger partial charge in [0.25, 0.3) is 0 Å². The van der Waals surface area contributed by atoms with Gasteiger partial charge < -0.3 is 15.0 Å². The zero-order valence-corrected chi connectivity index (χ0v) is 13.1. The van der Waals surface area contributed by atoms with Gasteiger partial charge in [0.2, 0.25) is 5.91 Å². The Hall–Kier alpha value is -1.26. The van der Waals surface area contributed by atoms with Crippen LogP contribution in [0.15, 0.2) is 0 Å². The van der Waals surface area contributed by atoms with E-state index in [0.717, 1.165) is 19.4 Å². The number of hydrogen-bond acceptors (Lipinski definition) is 3. The molecule has 0 saturated carbocycles. The number of amides is 2. The molecule has 0 aromatic heterocycles. The van der Waals surface area contributed by atoms with Gasteiger partial charge in [-0.15, -0.1) is 0 Å². The van der Waals surface area contributed by atoms with Gasteiger partial charge in [-0.25, -0.2) is 4.79 Å². The van der Waals surface area contributed by atoms with Gasteiger partial charge in [-0.3, -0.25) is 4.79 Å². The van der Waals surface area contributed by atoms with Crippen LogP contribution in [0, 0.1) is 0 Å². The number of likely N-dealkylation sites (N-methyl/N-ethyl adjacent to an activating group) is 1. The number of carbonyl (C=O) groups excluding carboxylic acids is 2. The van der Waals surface area contributed by atoms with E-state index in [1.807, 2.05) is 6.92 Å². The summed E-state index contributed by atoms with van der Waals surface area (Å²) in [5, 5.41) is 2.58. The molecule has 0 aromatic carbocycles. The minimum absolute atomic E-state index is 0.0678. The molecule has 0 aliphatic rings. The highest BCUT2D eigenvalue weighted by Crippen LogP contribution is 2.07. The van der Waals surface area contributed by atoms with E-state index < -0.39 is 17.7 Å². The van der Waals surface area contributed by atoms with Crippen molar-refractivity contribution in [3.63, 3.8) is 0 Å². The SMILES string of the molecule is CCCCN(CC)C(=O)[C@@H](C)NC(=O)OC(C)(C)C. The lowest BCUT2D eigenvalue weighted by atomic mass is 10.2. The Bertz CT molecular complexity index is 298. The van der Waals surface area contributed by atoms with Crippen molar-refractivity contribution in [1.29, 1.82) is 0 Å². The third-order valence-electron chi connectivity index (χ3n) is 2.58. The number of hydrogen-bond donors (Lipinski definition) is 1. The van der Waals surface area contributed by atoms with Crippen molar-refractivity contribution < 1.29 is 14.3 Å². The molecule has 0 rings (SSSR count). The number of carbonyl (C=O) groups is 2. The van der Waals surface area contributed by atoms with Crippen molar-refractivity contribution in [2.75, 3.05) is 13.1 Å². The standard InChI is InChI=1S/C14H28N2O3/c1-7-9-10-16(8-2)12(17)11(3)15-13(18)19-14(4,5)6/h11H,7-10H2,1-6H3,(H,15,18)/t11-/m1/s1. The fourth-order valence-corrected chi connectivity index (χ4v) is 1.59. The molecule has 0 saturated heterocycles. The number of nitrogens with zero attached hydrogens (tertiary/aromatic N) is 1. The Morgan fingerprint density at radius 3 is 2.26 bits per heavy atom. The van der Waals surface area contributed by atoms with Gasteiger partial charge in [0.15, 0.2) is 0 Å². The van der Waals surface area contributed by atoms with Gasteiger partial charge >= 0.3 is 6.09 Å². The van der Waals surface area contributed by atoms with Crippen LogP contribution in [0.1, 0.15) is 54.4 Å². The quantitative estimate of drug-likeness (QED) is 0.808. The Morgan fingerprint density at radius 1 is 1.26 bits per heavy atom. The number of rotatable bonds is 6. The molecule has 2 amide bonds. The van der Waals surface area contributed by atoms with E-state index >= 15 is 0 Å². The van der Waals surface area contributed by atoms with Crippen molar-refractivity contribution in [3.8, 4) is 0 Å². The van der Waals surface area contributed by atoms with Crippen molar-refractivity contribution >= 4 is 12.0 Å². The van der Waals surface area contributed by atoms with E-state index in [0.29, 0.717) is 6.54 Å². The summed E-state index contributed by atoms with van der Waals surface area (Å²) in [6.07, 6.45) is 1.45. The van der Waals surface area contributed by atoms with Crippen molar-refractivity contribution in [1.82, 2.24) is 10.2 Å². The smallest absolute Gasteiger partial charge is 0.408 e. The van der Waals surface area contributed by atoms with Crippen molar-refractivity contribution in [3.05, 3.63) is 0 Å². The fraction of sp³-hybridized carbons (Fsp3) is 0.857. The number of alkyl carbamates (subject to hydrolysis) is 1. The van der Waals surface area contributed by atoms with Gasteiger partial charge in [-0.05, 0) is 41.0 Å². The molecule has 19 heavy (non-hydrogen) atoms. The lowest BCUT2D eigenvalue weighted by Crippen LogP contribution is -2.48. The predicted octanol–water partition coefficient (Wildman–Crippen LogP) is 2.55. The summed E-state index contributed by atoms with van der Waals surface area (Å²) in [4.78, 5) is 25.5. The Kier molecular flexibility index (Phi) is 7.49. The van der Waals surface area contributed by atoms with Crippen LogP contribution >= 0.6 is 0 Å². The van der Waals surface area contributed by atoms with Crippen molar-refractivity contribution in [2.45, 2.75) is 66.0 Å². The number of ether oxygens (including phenoxy) is 1. The minimum Gasteiger partial charge on any atom is -0.444 e. The van der Waals surface area contributed by atoms with Crippen LogP contribution in [0.25, 0.3) is 0 Å². The van der Waals surface area contributed by atoms with E-state index in [1.165, 1.54) is 0 Å². The highest BCUT2D eigenvalue weighted by atomic mass is 16.6. The summed E-state index contributed by atoms with van der Waals surface area (Å²) < 4.78 is 5.13. The van der Waals surface area contributed by atoms with Crippen LogP contribution < -0.4 is 5.32 Å². The summed E-state index contributed by atoms with van der Waals surface area (Å²) >= 11 is 0. The third kappa shape index (κ3) is 7.70. The van der Waals surface area contributed by atoms with Crippen LogP contribution in [0.3, 0.4) is 0 Å². The second-order valence-electron chi connectivity index (χ2n) is 5.64. The zero-order chi connectivity index (χ0) is 15.1. The molecule has 0 aliphatic heterocycles. The molecule has 0 fully saturated rings. The molecule has 5 heteroatoms. The van der Waals surface area contributed by atoms with Gasteiger partial charge in [-0.1, -0.05) is 13.3 Å². The Labute approximate surface area is 116 Å². The number of nitrogens with one attached hydrogen (secondary N) is 1. The molecule has 1 N–H and O–H groups in total. The van der Waals surface area contributed by atoms with E-state index in [2.05, 4.69) is 12.2 Å². The average molecular weight is 272 g/mol. The molecule has 112 valence electrons. The second kappa shape index (κ2) is 8.02. The van der Waals surface area contributed by atoms with Crippen LogP contribution in [-0.4, -0.2) is 41.6 Å². The first-order chi connectivity index (χ1) is 8.71. The molecular weight excluding hydrogens is 244 g/mol. The van der Waals surface area contributed by atoms with E-state index in [1.54, 1.807) is 32.6 Å². The van der Waals surface area contributed by atoms with Gasteiger partial charge in [-0.2, -0.15) is 0 Å². The molecule has 0 heterocycles. The normalized spacial score (nSPS) is 12.7. The molecule has 0 aromatic rings. The summed E-state index contributed by atoms with van der Waals surface area (Å²) in [7, 11) is 0. The summed E-state index contributed by atoms with van der Waals surface area (Å²) in [5.41, 5.74) is -0.556. The Morgan fingerprint density at radius 2 is 1.84 bits per heavy atom. The van der Waals surface area contributed by atoms with Crippen LogP contribution in [-0.2, 0) is 9.53 Å². The van der Waals surface area contributed by atoms with Crippen LogP contribution in [0.2, 0.25) is 0 Å². The Balaban J connectivity index is 4.35. The molecule has 0 spiro atoms. The summed E-state index contributed by atoms with van der Waals surface area (Å²) in [6, 6.07) is -0.563. The van der Waals surface area contributed by atoms with E-state index in [-0.39, 0.29) is 5.91 Å². The molecule has 0 radical (unpaired) electrons. The topological polar surface area (TPSA) is 58.6 Å². The monoisotopic (exact) mass is 272 g/mol. The first-order valence-corrected chi connectivity index (χ1v) is 6.99. The molecule has 1 atom stereocenters. The van der Waals surface area contributed by atoms with Crippen LogP contribution in [0.4, 0.5) is 4.79 Å². The largest absolute Gasteiger partial charge is 0.444 e. The summed E-state index contributed by atoms with van der Waals surface area (Å²) in [5.74, 6) is -0.0678. The third-order valence-corrected chi connectivity index (χ3v) is 2.58. The highest BCUT2D eigenvalue weighted by molar-refractivity contribution is 5.85.